The summed E-state index contributed by atoms with van der Waals surface area (Å²) in [6.07, 6.45) is 2.22. The van der Waals surface area contributed by atoms with Crippen LogP contribution in [0.5, 0.6) is 0 Å². The smallest absolute Gasteiger partial charge is 0.242 e. The SMILES string of the molecule is Cc1nn(CC(=O)N[C@@H]2CCNC2=O)cc1Cl. The van der Waals surface area contributed by atoms with Gasteiger partial charge >= 0.3 is 0 Å². The van der Waals surface area contributed by atoms with Crippen LogP contribution in [-0.4, -0.2) is 34.2 Å². The molecule has 1 aliphatic rings. The number of amides is 2. The molecule has 17 heavy (non-hydrogen) atoms. The highest BCUT2D eigenvalue weighted by molar-refractivity contribution is 6.31. The fourth-order valence-electron chi connectivity index (χ4n) is 1.69. The normalized spacial score (nSPS) is 19.2. The zero-order valence-electron chi connectivity index (χ0n) is 9.36. The number of hydrogen-bond acceptors (Lipinski definition) is 3. The van der Waals surface area contributed by atoms with E-state index in [-0.39, 0.29) is 18.4 Å². The van der Waals surface area contributed by atoms with Crippen LogP contribution in [0.4, 0.5) is 0 Å². The Hall–Kier alpha value is -1.56. The second-order valence-electron chi connectivity index (χ2n) is 3.96. The van der Waals surface area contributed by atoms with Gasteiger partial charge in [-0.25, -0.2) is 0 Å². The minimum Gasteiger partial charge on any atom is -0.354 e. The Labute approximate surface area is 103 Å². The molecule has 6 nitrogen and oxygen atoms in total. The lowest BCUT2D eigenvalue weighted by molar-refractivity contribution is -0.127. The van der Waals surface area contributed by atoms with Crippen molar-refractivity contribution in [1.82, 2.24) is 20.4 Å². The fourth-order valence-corrected chi connectivity index (χ4v) is 1.84. The molecule has 1 fully saturated rings. The summed E-state index contributed by atoms with van der Waals surface area (Å²) < 4.78 is 1.46. The molecule has 1 aliphatic heterocycles. The Morgan fingerprint density at radius 1 is 1.76 bits per heavy atom. The molecule has 1 aromatic heterocycles. The number of aromatic nitrogens is 2. The average molecular weight is 257 g/mol. The Bertz CT molecular complexity index is 438. The molecule has 1 aromatic rings. The lowest BCUT2D eigenvalue weighted by Crippen LogP contribution is -2.41. The van der Waals surface area contributed by atoms with Gasteiger partial charge in [0.05, 0.1) is 10.7 Å². The summed E-state index contributed by atoms with van der Waals surface area (Å²) in [6.45, 7) is 2.44. The van der Waals surface area contributed by atoms with Gasteiger partial charge in [-0.3, -0.25) is 14.3 Å². The maximum atomic E-state index is 11.6. The largest absolute Gasteiger partial charge is 0.354 e. The Morgan fingerprint density at radius 2 is 2.53 bits per heavy atom. The second kappa shape index (κ2) is 4.75. The first-order valence-electron chi connectivity index (χ1n) is 5.33. The first-order chi connectivity index (χ1) is 8.06. The molecular weight excluding hydrogens is 244 g/mol. The van der Waals surface area contributed by atoms with Gasteiger partial charge in [-0.1, -0.05) is 11.6 Å². The van der Waals surface area contributed by atoms with E-state index < -0.39 is 6.04 Å². The van der Waals surface area contributed by atoms with E-state index in [0.717, 1.165) is 0 Å². The van der Waals surface area contributed by atoms with Crippen molar-refractivity contribution < 1.29 is 9.59 Å². The van der Waals surface area contributed by atoms with Crippen LogP contribution < -0.4 is 10.6 Å². The van der Waals surface area contributed by atoms with E-state index in [9.17, 15) is 9.59 Å². The van der Waals surface area contributed by atoms with Crippen LogP contribution in [0.1, 0.15) is 12.1 Å². The summed E-state index contributed by atoms with van der Waals surface area (Å²) in [5.41, 5.74) is 0.679. The van der Waals surface area contributed by atoms with Crippen molar-refractivity contribution in [2.45, 2.75) is 25.9 Å². The molecule has 2 amide bonds. The summed E-state index contributed by atoms with van der Waals surface area (Å²) in [6, 6.07) is -0.422. The number of halogens is 1. The number of aryl methyl sites for hydroxylation is 1. The van der Waals surface area contributed by atoms with Crippen LogP contribution in [0.3, 0.4) is 0 Å². The lowest BCUT2D eigenvalue weighted by atomic mass is 10.2. The van der Waals surface area contributed by atoms with Crippen molar-refractivity contribution in [3.05, 3.63) is 16.9 Å². The van der Waals surface area contributed by atoms with Gasteiger partial charge in [0, 0.05) is 12.7 Å². The predicted molar refractivity (Wildman–Crippen MR) is 61.5 cm³/mol. The number of nitrogens with zero attached hydrogens (tertiary/aromatic N) is 2. The van der Waals surface area contributed by atoms with Gasteiger partial charge in [0.15, 0.2) is 0 Å². The van der Waals surface area contributed by atoms with Gasteiger partial charge in [0.25, 0.3) is 0 Å². The molecule has 0 saturated carbocycles. The van der Waals surface area contributed by atoms with Crippen LogP contribution in [-0.2, 0) is 16.1 Å². The highest BCUT2D eigenvalue weighted by atomic mass is 35.5. The van der Waals surface area contributed by atoms with Crippen molar-refractivity contribution in [2.75, 3.05) is 6.54 Å². The standard InChI is InChI=1S/C10H13ClN4O2/c1-6-7(11)4-15(14-6)5-9(16)13-8-2-3-12-10(8)17/h4,8H,2-3,5H2,1H3,(H,12,17)(H,13,16)/t8-/m1/s1. The molecule has 0 aliphatic carbocycles. The number of rotatable bonds is 3. The van der Waals surface area contributed by atoms with Crippen LogP contribution >= 0.6 is 11.6 Å². The average Bonchev–Trinajstić information content (AvgIpc) is 2.76. The van der Waals surface area contributed by atoms with Crippen LogP contribution in [0.15, 0.2) is 6.20 Å². The minimum absolute atomic E-state index is 0.0668. The summed E-state index contributed by atoms with van der Waals surface area (Å²) in [5, 5.41) is 9.90. The zero-order valence-corrected chi connectivity index (χ0v) is 10.1. The van der Waals surface area contributed by atoms with Crippen molar-refractivity contribution in [2.24, 2.45) is 0 Å². The molecule has 1 atom stereocenters. The monoisotopic (exact) mass is 256 g/mol. The van der Waals surface area contributed by atoms with Gasteiger partial charge in [0.1, 0.15) is 12.6 Å². The van der Waals surface area contributed by atoms with Crippen molar-refractivity contribution in [3.63, 3.8) is 0 Å². The molecule has 2 heterocycles. The zero-order chi connectivity index (χ0) is 12.4. The number of carbonyl (C=O) groups excluding carboxylic acids is 2. The second-order valence-corrected chi connectivity index (χ2v) is 4.37. The molecule has 0 aromatic carbocycles. The summed E-state index contributed by atoms with van der Waals surface area (Å²) >= 11 is 5.83. The van der Waals surface area contributed by atoms with Gasteiger partial charge < -0.3 is 10.6 Å². The molecule has 7 heteroatoms. The Balaban J connectivity index is 1.91. The highest BCUT2D eigenvalue weighted by Crippen LogP contribution is 2.11. The third kappa shape index (κ3) is 2.76. The van der Waals surface area contributed by atoms with Gasteiger partial charge in [-0.2, -0.15) is 5.10 Å². The Kier molecular flexibility index (Phi) is 3.33. The molecule has 0 spiro atoms. The molecule has 0 radical (unpaired) electrons. The Morgan fingerprint density at radius 3 is 3.06 bits per heavy atom. The third-order valence-electron chi connectivity index (χ3n) is 2.58. The maximum Gasteiger partial charge on any atom is 0.242 e. The number of carbonyl (C=O) groups is 2. The van der Waals surface area contributed by atoms with E-state index in [4.69, 9.17) is 11.6 Å². The molecule has 1 saturated heterocycles. The molecule has 2 N–H and O–H groups in total. The first kappa shape index (κ1) is 11.9. The lowest BCUT2D eigenvalue weighted by Gasteiger charge is -2.09. The van der Waals surface area contributed by atoms with Crippen molar-refractivity contribution >= 4 is 23.4 Å². The van der Waals surface area contributed by atoms with Crippen LogP contribution in [0, 0.1) is 6.92 Å². The van der Waals surface area contributed by atoms with E-state index >= 15 is 0 Å². The van der Waals surface area contributed by atoms with Gasteiger partial charge in [0.2, 0.25) is 11.8 Å². The topological polar surface area (TPSA) is 76.0 Å². The van der Waals surface area contributed by atoms with E-state index in [1.807, 2.05) is 0 Å². The molecule has 0 bridgehead atoms. The molecular formula is C10H13ClN4O2. The van der Waals surface area contributed by atoms with E-state index in [0.29, 0.717) is 23.7 Å². The highest BCUT2D eigenvalue weighted by Gasteiger charge is 2.25. The molecule has 0 unspecified atom stereocenters. The maximum absolute atomic E-state index is 11.6. The van der Waals surface area contributed by atoms with Crippen LogP contribution in [0.2, 0.25) is 5.02 Å². The van der Waals surface area contributed by atoms with Gasteiger partial charge in [-0.15, -0.1) is 0 Å². The summed E-state index contributed by atoms with van der Waals surface area (Å²) in [4.78, 5) is 22.9. The van der Waals surface area contributed by atoms with Crippen LogP contribution in [0.25, 0.3) is 0 Å². The van der Waals surface area contributed by atoms with E-state index in [2.05, 4.69) is 15.7 Å². The molecule has 2 rings (SSSR count). The minimum atomic E-state index is -0.422. The fraction of sp³-hybridized carbons (Fsp3) is 0.500. The predicted octanol–water partition coefficient (Wildman–Crippen LogP) is -0.150. The summed E-state index contributed by atoms with van der Waals surface area (Å²) in [7, 11) is 0. The third-order valence-corrected chi connectivity index (χ3v) is 2.95. The first-order valence-corrected chi connectivity index (χ1v) is 5.70. The van der Waals surface area contributed by atoms with Crippen molar-refractivity contribution in [3.8, 4) is 0 Å². The summed E-state index contributed by atoms with van der Waals surface area (Å²) in [5.74, 6) is -0.376. The van der Waals surface area contributed by atoms with Gasteiger partial charge in [-0.05, 0) is 13.3 Å². The number of hydrogen-bond donors (Lipinski definition) is 2. The van der Waals surface area contributed by atoms with E-state index in [1.165, 1.54) is 4.68 Å². The van der Waals surface area contributed by atoms with E-state index in [1.54, 1.807) is 13.1 Å². The molecule has 92 valence electrons. The number of nitrogens with one attached hydrogen (secondary N) is 2. The van der Waals surface area contributed by atoms with Crippen molar-refractivity contribution in [1.29, 1.82) is 0 Å². The quantitative estimate of drug-likeness (QED) is 0.790.